The quantitative estimate of drug-likeness (QED) is 0.0722. The maximum absolute atomic E-state index is 9.51. The highest BCUT2D eigenvalue weighted by Crippen LogP contribution is 2.11. The summed E-state index contributed by atoms with van der Waals surface area (Å²) in [6.07, 6.45) is 3.49. The van der Waals surface area contributed by atoms with Gasteiger partial charge in [-0.15, -0.1) is 0 Å². The van der Waals surface area contributed by atoms with E-state index in [2.05, 4.69) is 88.8 Å². The fourth-order valence-electron chi connectivity index (χ4n) is 5.76. The minimum absolute atomic E-state index is 0.0908. The average molecular weight is 739 g/mol. The number of hydrogen-bond acceptors (Lipinski definition) is 10. The molecule has 0 aliphatic carbocycles. The van der Waals surface area contributed by atoms with Crippen LogP contribution in [0.3, 0.4) is 0 Å². The van der Waals surface area contributed by atoms with Gasteiger partial charge in [0.15, 0.2) is 0 Å². The summed E-state index contributed by atoms with van der Waals surface area (Å²) in [6, 6.07) is 1.27. The van der Waals surface area contributed by atoms with Crippen LogP contribution in [0, 0.1) is 17.8 Å². The molecule has 0 radical (unpaired) electrons. The van der Waals surface area contributed by atoms with Gasteiger partial charge in [0, 0.05) is 76.6 Å². The van der Waals surface area contributed by atoms with Crippen LogP contribution in [0.2, 0.25) is 0 Å². The van der Waals surface area contributed by atoms with Crippen LogP contribution in [0.25, 0.3) is 0 Å². The number of aliphatic hydroxyl groups is 6. The van der Waals surface area contributed by atoms with Crippen LogP contribution in [0.1, 0.15) is 136 Å². The molecule has 0 heterocycles. The molecule has 7 unspecified atom stereocenters. The Morgan fingerprint density at radius 3 is 1.14 bits per heavy atom. The Kier molecular flexibility index (Phi) is 41.1. The van der Waals surface area contributed by atoms with E-state index in [-0.39, 0.29) is 43.6 Å². The Balaban J connectivity index is -0.000000323. The highest BCUT2D eigenvalue weighted by atomic mass is 16.3. The van der Waals surface area contributed by atoms with E-state index in [9.17, 15) is 20.4 Å². The first-order valence-electron chi connectivity index (χ1n) is 20.5. The van der Waals surface area contributed by atoms with Gasteiger partial charge in [0.05, 0.1) is 31.5 Å². The van der Waals surface area contributed by atoms with Crippen LogP contribution in [-0.2, 0) is 0 Å². The second kappa shape index (κ2) is 36.6. The number of hydrogen-bond donors (Lipinski definition) is 6. The van der Waals surface area contributed by atoms with Crippen molar-refractivity contribution in [3.8, 4) is 0 Å². The van der Waals surface area contributed by atoms with Gasteiger partial charge in [-0.25, -0.2) is 0 Å². The van der Waals surface area contributed by atoms with Crippen LogP contribution in [-0.4, -0.2) is 165 Å². The third kappa shape index (κ3) is 37.7. The van der Waals surface area contributed by atoms with Crippen molar-refractivity contribution in [2.45, 2.75) is 179 Å². The van der Waals surface area contributed by atoms with Gasteiger partial charge in [0.2, 0.25) is 0 Å². The molecule has 0 aromatic rings. The van der Waals surface area contributed by atoms with Crippen molar-refractivity contribution in [1.82, 2.24) is 19.6 Å². The molecule has 0 saturated heterocycles. The van der Waals surface area contributed by atoms with Crippen LogP contribution in [0.4, 0.5) is 0 Å². The highest BCUT2D eigenvalue weighted by molar-refractivity contribution is 4.77. The molecule has 6 N–H and O–H groups in total. The standard InChI is InChI=1S/2C15H34N2O2.C6H14O.C5H12O/c1-7-13(4)16(12(2)3)8-9-17(14(5)10-18)15(6)11-19;1-6-7-16(10-13(2)3)8-9-17(11-14(4)18)12-15(5)19;1-5(2)4-6(3)7;1-3-5(2)4-6/h12-15,18-19H,7-11H2,1-6H3;13-15,18-19H,6-12H2,1-5H3;5-7H,4H2,1-3H3;5-6H,3-4H2,1-2H3. The van der Waals surface area contributed by atoms with Crippen molar-refractivity contribution in [3.05, 3.63) is 0 Å². The van der Waals surface area contributed by atoms with E-state index in [4.69, 9.17) is 10.2 Å². The zero-order valence-electron chi connectivity index (χ0n) is 36.9. The van der Waals surface area contributed by atoms with Crippen LogP contribution in [0.5, 0.6) is 0 Å². The van der Waals surface area contributed by atoms with Gasteiger partial charge < -0.3 is 35.5 Å². The molecule has 10 heteroatoms. The molecule has 0 spiro atoms. The lowest BCUT2D eigenvalue weighted by molar-refractivity contribution is 0.0479. The van der Waals surface area contributed by atoms with Crippen LogP contribution >= 0.6 is 0 Å². The lowest BCUT2D eigenvalue weighted by Gasteiger charge is -2.38. The normalized spacial score (nSPS) is 15.9. The minimum atomic E-state index is -0.344. The first-order valence-corrected chi connectivity index (χ1v) is 20.5. The Labute approximate surface area is 318 Å². The molecule has 0 aromatic carbocycles. The maximum Gasteiger partial charge on any atom is 0.0639 e. The molecule has 51 heavy (non-hydrogen) atoms. The average Bonchev–Trinajstić information content (AvgIpc) is 3.03. The molecule has 0 aliphatic heterocycles. The largest absolute Gasteiger partial charge is 0.396 e. The molecular formula is C41H94N4O6. The summed E-state index contributed by atoms with van der Waals surface area (Å²) in [5, 5.41) is 54.8. The number of aliphatic hydroxyl groups excluding tert-OH is 6. The Hall–Kier alpha value is -0.400. The summed E-state index contributed by atoms with van der Waals surface area (Å²) >= 11 is 0. The van der Waals surface area contributed by atoms with Crippen molar-refractivity contribution in [1.29, 1.82) is 0 Å². The van der Waals surface area contributed by atoms with Gasteiger partial charge in [-0.05, 0) is 99.0 Å². The van der Waals surface area contributed by atoms with Crippen molar-refractivity contribution < 1.29 is 30.6 Å². The topological polar surface area (TPSA) is 134 Å². The summed E-state index contributed by atoms with van der Waals surface area (Å²) in [5.74, 6) is 1.79. The summed E-state index contributed by atoms with van der Waals surface area (Å²) in [4.78, 5) is 9.30. The molecule has 0 fully saturated rings. The second-order valence-electron chi connectivity index (χ2n) is 16.2. The Morgan fingerprint density at radius 2 is 0.882 bits per heavy atom. The third-order valence-corrected chi connectivity index (χ3v) is 8.86. The van der Waals surface area contributed by atoms with Crippen molar-refractivity contribution >= 4 is 0 Å². The third-order valence-electron chi connectivity index (χ3n) is 8.86. The van der Waals surface area contributed by atoms with Crippen LogP contribution < -0.4 is 0 Å². The monoisotopic (exact) mass is 739 g/mol. The first-order chi connectivity index (χ1) is 23.7. The SMILES string of the molecule is CC(C)CC(C)O.CCC(C)CO.CCC(C)N(CCN(C(C)CO)C(C)CO)C(C)C.CCCN(CCN(CC(C)O)CC(C)O)CC(C)C. The summed E-state index contributed by atoms with van der Waals surface area (Å²) in [5.41, 5.74) is 0. The summed E-state index contributed by atoms with van der Waals surface area (Å²) in [6.45, 7) is 41.2. The molecule has 314 valence electrons. The molecule has 7 atom stereocenters. The predicted octanol–water partition coefficient (Wildman–Crippen LogP) is 5.42. The Bertz CT molecular complexity index is 669. The summed E-state index contributed by atoms with van der Waals surface area (Å²) < 4.78 is 0. The molecule has 0 aromatic heterocycles. The fourth-order valence-corrected chi connectivity index (χ4v) is 5.76. The molecule has 0 bridgehead atoms. The predicted molar refractivity (Wildman–Crippen MR) is 220 cm³/mol. The minimum Gasteiger partial charge on any atom is -0.396 e. The maximum atomic E-state index is 9.51. The van der Waals surface area contributed by atoms with E-state index < -0.39 is 0 Å². The number of rotatable bonds is 25. The second-order valence-corrected chi connectivity index (χ2v) is 16.2. The zero-order chi connectivity index (χ0) is 40.7. The Morgan fingerprint density at radius 1 is 0.431 bits per heavy atom. The first kappa shape index (κ1) is 57.3. The van der Waals surface area contributed by atoms with E-state index in [1.54, 1.807) is 13.8 Å². The smallest absolute Gasteiger partial charge is 0.0639 e. The molecule has 0 rings (SSSR count). The van der Waals surface area contributed by atoms with Crippen LogP contribution in [0.15, 0.2) is 0 Å². The van der Waals surface area contributed by atoms with Crippen molar-refractivity contribution in [2.75, 3.05) is 72.2 Å². The van der Waals surface area contributed by atoms with Gasteiger partial charge in [-0.1, -0.05) is 61.8 Å². The fraction of sp³-hybridized carbons (Fsp3) is 1.00. The summed E-state index contributed by atoms with van der Waals surface area (Å²) in [7, 11) is 0. The van der Waals surface area contributed by atoms with Crippen molar-refractivity contribution in [2.24, 2.45) is 17.8 Å². The highest BCUT2D eigenvalue weighted by Gasteiger charge is 2.22. The number of nitrogens with zero attached hydrogens (tertiary/aromatic N) is 4. The molecule has 0 amide bonds. The lowest BCUT2D eigenvalue weighted by Crippen LogP contribution is -2.50. The van der Waals surface area contributed by atoms with Gasteiger partial charge >= 0.3 is 0 Å². The van der Waals surface area contributed by atoms with Gasteiger partial charge in [0.1, 0.15) is 0 Å². The molecule has 0 saturated carbocycles. The van der Waals surface area contributed by atoms with E-state index in [0.717, 1.165) is 58.5 Å². The molecular weight excluding hydrogens is 644 g/mol. The zero-order valence-corrected chi connectivity index (χ0v) is 36.9. The van der Waals surface area contributed by atoms with E-state index in [1.807, 2.05) is 27.7 Å². The molecule has 0 aliphatic rings. The van der Waals surface area contributed by atoms with Gasteiger partial charge in [-0.2, -0.15) is 0 Å². The molecule has 10 nitrogen and oxygen atoms in total. The van der Waals surface area contributed by atoms with E-state index in [1.165, 1.54) is 6.42 Å². The van der Waals surface area contributed by atoms with E-state index >= 15 is 0 Å². The van der Waals surface area contributed by atoms with Gasteiger partial charge in [0.25, 0.3) is 0 Å². The lowest BCUT2D eigenvalue weighted by atomic mass is 10.1. The van der Waals surface area contributed by atoms with Crippen molar-refractivity contribution in [3.63, 3.8) is 0 Å². The van der Waals surface area contributed by atoms with E-state index in [0.29, 0.717) is 49.5 Å². The van der Waals surface area contributed by atoms with Gasteiger partial charge in [-0.3, -0.25) is 14.7 Å².